The summed E-state index contributed by atoms with van der Waals surface area (Å²) in [6.45, 7) is 7.01. The Hall–Kier alpha value is -2.40. The van der Waals surface area contributed by atoms with E-state index in [0.29, 0.717) is 0 Å². The molecule has 2 aromatic heterocycles. The van der Waals surface area contributed by atoms with Gasteiger partial charge in [-0.05, 0) is 50.1 Å². The number of benzene rings is 2. The van der Waals surface area contributed by atoms with Crippen molar-refractivity contribution < 1.29 is 0 Å². The minimum Gasteiger partial charge on any atom is -0.337 e. The summed E-state index contributed by atoms with van der Waals surface area (Å²) < 4.78 is 3.07. The number of aromatic nitrogens is 4. The number of rotatable bonds is 3. The molecule has 0 radical (unpaired) electrons. The zero-order chi connectivity index (χ0) is 17.6. The number of hydrogen-bond donors (Lipinski definition) is 1. The number of fused-ring (bicyclic) bond motifs is 1. The van der Waals surface area contributed by atoms with Gasteiger partial charge in [0.25, 0.3) is 0 Å². The lowest BCUT2D eigenvalue weighted by molar-refractivity contribution is 0.666. The summed E-state index contributed by atoms with van der Waals surface area (Å²) in [7, 11) is 0. The SMILES string of the molecule is Cc1ccc(Cn2nc(-c3nc4c(C)cc(Br)cc4[nH]3)cc2C)cc1. The average Bonchev–Trinajstić information content (AvgIpc) is 3.14. The van der Waals surface area contributed by atoms with Gasteiger partial charge in [0, 0.05) is 10.2 Å². The molecule has 0 bridgehead atoms. The van der Waals surface area contributed by atoms with Crippen LogP contribution in [0.25, 0.3) is 22.6 Å². The normalized spacial score (nSPS) is 11.4. The van der Waals surface area contributed by atoms with Crippen molar-refractivity contribution in [1.29, 1.82) is 0 Å². The molecule has 0 saturated heterocycles. The Morgan fingerprint density at radius 1 is 1.04 bits per heavy atom. The summed E-state index contributed by atoms with van der Waals surface area (Å²) in [5, 5.41) is 4.76. The van der Waals surface area contributed by atoms with E-state index in [2.05, 4.69) is 84.1 Å². The fourth-order valence-electron chi connectivity index (χ4n) is 3.02. The summed E-state index contributed by atoms with van der Waals surface area (Å²) in [5.41, 5.74) is 7.66. The first-order chi connectivity index (χ1) is 12.0. The molecule has 5 heteroatoms. The topological polar surface area (TPSA) is 46.5 Å². The highest BCUT2D eigenvalue weighted by molar-refractivity contribution is 9.10. The first-order valence-electron chi connectivity index (χ1n) is 8.26. The van der Waals surface area contributed by atoms with Crippen LogP contribution < -0.4 is 0 Å². The number of nitrogens with one attached hydrogen (secondary N) is 1. The number of hydrogen-bond acceptors (Lipinski definition) is 2. The fourth-order valence-corrected chi connectivity index (χ4v) is 3.59. The number of aromatic amines is 1. The highest BCUT2D eigenvalue weighted by Crippen LogP contribution is 2.26. The number of H-pyrrole nitrogens is 1. The number of aryl methyl sites for hydroxylation is 3. The molecule has 4 rings (SSSR count). The van der Waals surface area contributed by atoms with Crippen LogP contribution in [0.5, 0.6) is 0 Å². The second-order valence-electron chi connectivity index (χ2n) is 6.52. The molecule has 0 aliphatic heterocycles. The molecule has 0 amide bonds. The molecule has 0 atom stereocenters. The third-order valence-electron chi connectivity index (χ3n) is 4.42. The van der Waals surface area contributed by atoms with Gasteiger partial charge in [-0.15, -0.1) is 0 Å². The Balaban J connectivity index is 1.70. The predicted octanol–water partition coefficient (Wildman–Crippen LogP) is 5.16. The fraction of sp³-hybridized carbons (Fsp3) is 0.200. The second-order valence-corrected chi connectivity index (χ2v) is 7.43. The highest BCUT2D eigenvalue weighted by atomic mass is 79.9. The van der Waals surface area contributed by atoms with E-state index in [1.54, 1.807) is 0 Å². The van der Waals surface area contributed by atoms with Crippen molar-refractivity contribution in [3.8, 4) is 11.5 Å². The summed E-state index contributed by atoms with van der Waals surface area (Å²) in [6, 6.07) is 14.8. The van der Waals surface area contributed by atoms with E-state index in [1.165, 1.54) is 11.1 Å². The predicted molar refractivity (Wildman–Crippen MR) is 105 cm³/mol. The van der Waals surface area contributed by atoms with Crippen molar-refractivity contribution in [1.82, 2.24) is 19.7 Å². The van der Waals surface area contributed by atoms with Crippen molar-refractivity contribution in [2.75, 3.05) is 0 Å². The van der Waals surface area contributed by atoms with E-state index in [1.807, 2.05) is 4.68 Å². The van der Waals surface area contributed by atoms with Crippen LogP contribution in [0.1, 0.15) is 22.4 Å². The quantitative estimate of drug-likeness (QED) is 0.521. The van der Waals surface area contributed by atoms with Gasteiger partial charge in [-0.2, -0.15) is 5.10 Å². The molecule has 2 heterocycles. The standard InChI is InChI=1S/C20H19BrN4/c1-12-4-6-15(7-5-12)11-25-14(3)9-18(24-25)20-22-17-10-16(21)8-13(2)19(17)23-20/h4-10H,11H2,1-3H3,(H,22,23). The Morgan fingerprint density at radius 3 is 2.56 bits per heavy atom. The van der Waals surface area contributed by atoms with E-state index >= 15 is 0 Å². The van der Waals surface area contributed by atoms with Crippen LogP contribution in [0.2, 0.25) is 0 Å². The lowest BCUT2D eigenvalue weighted by atomic mass is 10.1. The second kappa shape index (κ2) is 6.15. The van der Waals surface area contributed by atoms with Crippen LogP contribution in [-0.4, -0.2) is 19.7 Å². The monoisotopic (exact) mass is 394 g/mol. The molecule has 0 aliphatic rings. The maximum absolute atomic E-state index is 4.76. The van der Waals surface area contributed by atoms with E-state index < -0.39 is 0 Å². The van der Waals surface area contributed by atoms with Crippen LogP contribution in [-0.2, 0) is 6.54 Å². The van der Waals surface area contributed by atoms with Crippen LogP contribution in [0.4, 0.5) is 0 Å². The van der Waals surface area contributed by atoms with Gasteiger partial charge in [-0.1, -0.05) is 45.8 Å². The van der Waals surface area contributed by atoms with Gasteiger partial charge in [-0.25, -0.2) is 4.98 Å². The number of halogens is 1. The van der Waals surface area contributed by atoms with Crippen molar-refractivity contribution in [3.63, 3.8) is 0 Å². The molecule has 25 heavy (non-hydrogen) atoms. The molecule has 2 aromatic carbocycles. The van der Waals surface area contributed by atoms with Gasteiger partial charge in [0.15, 0.2) is 5.82 Å². The van der Waals surface area contributed by atoms with E-state index in [4.69, 9.17) is 10.1 Å². The minimum atomic E-state index is 0.761. The summed E-state index contributed by atoms with van der Waals surface area (Å²) in [5.74, 6) is 0.807. The van der Waals surface area contributed by atoms with Gasteiger partial charge in [0.2, 0.25) is 0 Å². The Kier molecular flexibility index (Phi) is 3.96. The first-order valence-corrected chi connectivity index (χ1v) is 9.05. The third kappa shape index (κ3) is 3.12. The van der Waals surface area contributed by atoms with Crippen molar-refractivity contribution in [2.24, 2.45) is 0 Å². The van der Waals surface area contributed by atoms with Gasteiger partial charge < -0.3 is 4.98 Å². The maximum atomic E-state index is 4.76. The molecule has 0 unspecified atom stereocenters. The van der Waals surface area contributed by atoms with E-state index in [9.17, 15) is 0 Å². The molecular weight excluding hydrogens is 376 g/mol. The molecular formula is C20H19BrN4. The molecule has 0 fully saturated rings. The summed E-state index contributed by atoms with van der Waals surface area (Å²) in [6.07, 6.45) is 0. The van der Waals surface area contributed by atoms with Crippen LogP contribution >= 0.6 is 15.9 Å². The van der Waals surface area contributed by atoms with E-state index in [-0.39, 0.29) is 0 Å². The molecule has 126 valence electrons. The van der Waals surface area contributed by atoms with Crippen LogP contribution in [0.15, 0.2) is 46.9 Å². The van der Waals surface area contributed by atoms with Crippen LogP contribution in [0, 0.1) is 20.8 Å². The van der Waals surface area contributed by atoms with Crippen molar-refractivity contribution in [3.05, 3.63) is 69.3 Å². The molecule has 0 aliphatic carbocycles. The zero-order valence-corrected chi connectivity index (χ0v) is 16.1. The maximum Gasteiger partial charge on any atom is 0.159 e. The molecule has 4 aromatic rings. The van der Waals surface area contributed by atoms with E-state index in [0.717, 1.165) is 44.8 Å². The molecule has 4 nitrogen and oxygen atoms in total. The van der Waals surface area contributed by atoms with Gasteiger partial charge in [0.05, 0.1) is 17.6 Å². The lowest BCUT2D eigenvalue weighted by Gasteiger charge is -2.04. The third-order valence-corrected chi connectivity index (χ3v) is 4.88. The molecule has 1 N–H and O–H groups in total. The Labute approximate surface area is 155 Å². The van der Waals surface area contributed by atoms with Gasteiger partial charge >= 0.3 is 0 Å². The summed E-state index contributed by atoms with van der Waals surface area (Å²) >= 11 is 3.54. The van der Waals surface area contributed by atoms with Crippen LogP contribution in [0.3, 0.4) is 0 Å². The Bertz CT molecular complexity index is 1060. The zero-order valence-electron chi connectivity index (χ0n) is 14.5. The summed E-state index contributed by atoms with van der Waals surface area (Å²) in [4.78, 5) is 8.13. The average molecular weight is 395 g/mol. The highest BCUT2D eigenvalue weighted by Gasteiger charge is 2.13. The number of nitrogens with zero attached hydrogens (tertiary/aromatic N) is 3. The minimum absolute atomic E-state index is 0.761. The smallest absolute Gasteiger partial charge is 0.159 e. The lowest BCUT2D eigenvalue weighted by Crippen LogP contribution is -2.03. The molecule has 0 saturated carbocycles. The Morgan fingerprint density at radius 2 is 1.80 bits per heavy atom. The van der Waals surface area contributed by atoms with Crippen molar-refractivity contribution >= 4 is 27.0 Å². The molecule has 0 spiro atoms. The van der Waals surface area contributed by atoms with Crippen molar-refractivity contribution in [2.45, 2.75) is 27.3 Å². The number of imidazole rings is 1. The first kappa shape index (κ1) is 16.1. The van der Waals surface area contributed by atoms with Gasteiger partial charge in [-0.3, -0.25) is 4.68 Å². The van der Waals surface area contributed by atoms with Gasteiger partial charge in [0.1, 0.15) is 5.69 Å². The largest absolute Gasteiger partial charge is 0.337 e.